The number of sulfonamides is 1. The number of hydrogen-bond acceptors (Lipinski definition) is 5. The lowest BCUT2D eigenvalue weighted by Crippen LogP contribution is -2.30. The van der Waals surface area contributed by atoms with Crippen molar-refractivity contribution in [2.24, 2.45) is 0 Å². The van der Waals surface area contributed by atoms with E-state index in [-0.39, 0.29) is 13.1 Å². The van der Waals surface area contributed by atoms with Crippen LogP contribution in [0.2, 0.25) is 0 Å². The highest BCUT2D eigenvalue weighted by Gasteiger charge is 2.27. The molecule has 4 rings (SSSR count). The number of pyridine rings is 2. The van der Waals surface area contributed by atoms with E-state index < -0.39 is 15.8 Å². The Morgan fingerprint density at radius 2 is 2.21 bits per heavy atom. The van der Waals surface area contributed by atoms with Gasteiger partial charge in [-0.3, -0.25) is 0 Å². The Kier molecular flexibility index (Phi) is 3.33. The van der Waals surface area contributed by atoms with Crippen LogP contribution < -0.4 is 0 Å². The molecular weight excluding hydrogens is 326 g/mol. The number of nitrogens with one attached hydrogen (secondary N) is 1. The van der Waals surface area contributed by atoms with Crippen LogP contribution in [0.1, 0.15) is 5.69 Å². The molecule has 1 N–H and O–H groups in total. The molecule has 0 saturated carbocycles. The number of nitrogens with zero attached hydrogens (tertiary/aromatic N) is 4. The molecule has 0 amide bonds. The standard InChI is InChI=1S/C16H13N5O2S/c17-4-8-24(22,23)21-7-3-12(10-21)15-14-11(1-5-18-15)9-20-16-13(14)2-6-19-16/h1-3,5-6,9,18H,7-8,10H2. The quantitative estimate of drug-likeness (QED) is 0.782. The summed E-state index contributed by atoms with van der Waals surface area (Å²) < 4.78 is 25.5. The largest absolute Gasteiger partial charge is 0.361 e. The Balaban J connectivity index is 1.81. The zero-order valence-electron chi connectivity index (χ0n) is 12.6. The number of H-pyrrole nitrogens is 1. The highest BCUT2D eigenvalue weighted by atomic mass is 32.2. The van der Waals surface area contributed by atoms with Crippen molar-refractivity contribution in [3.05, 3.63) is 42.5 Å². The lowest BCUT2D eigenvalue weighted by atomic mass is 10.0. The third-order valence-corrected chi connectivity index (χ3v) is 5.71. The normalized spacial score (nSPS) is 15.7. The molecule has 0 fully saturated rings. The Hall–Kier alpha value is -2.76. The van der Waals surface area contributed by atoms with E-state index in [0.717, 1.165) is 27.4 Å². The Labute approximate surface area is 138 Å². The highest BCUT2D eigenvalue weighted by molar-refractivity contribution is 7.89. The van der Waals surface area contributed by atoms with E-state index in [1.54, 1.807) is 18.5 Å². The van der Waals surface area contributed by atoms with Crippen molar-refractivity contribution in [2.45, 2.75) is 0 Å². The van der Waals surface area contributed by atoms with Crippen molar-refractivity contribution in [1.82, 2.24) is 19.3 Å². The summed E-state index contributed by atoms with van der Waals surface area (Å²) in [4.78, 5) is 11.8. The van der Waals surface area contributed by atoms with Gasteiger partial charge in [-0.05, 0) is 17.7 Å². The van der Waals surface area contributed by atoms with E-state index in [1.165, 1.54) is 4.31 Å². The summed E-state index contributed by atoms with van der Waals surface area (Å²) in [6, 6.07) is 5.55. The lowest BCUT2D eigenvalue weighted by Gasteiger charge is -2.15. The van der Waals surface area contributed by atoms with Gasteiger partial charge >= 0.3 is 0 Å². The number of nitriles is 1. The van der Waals surface area contributed by atoms with Crippen molar-refractivity contribution in [3.8, 4) is 6.07 Å². The van der Waals surface area contributed by atoms with Crippen LogP contribution in [0.15, 0.2) is 36.8 Å². The average Bonchev–Trinajstić information content (AvgIpc) is 3.23. The molecule has 0 saturated heterocycles. The smallest absolute Gasteiger partial charge is 0.228 e. The van der Waals surface area contributed by atoms with Gasteiger partial charge in [0.1, 0.15) is 0 Å². The second-order valence-electron chi connectivity index (χ2n) is 5.56. The highest BCUT2D eigenvalue weighted by Crippen LogP contribution is 2.31. The average molecular weight is 339 g/mol. The molecule has 24 heavy (non-hydrogen) atoms. The molecule has 8 heteroatoms. The maximum atomic E-state index is 12.1. The minimum Gasteiger partial charge on any atom is -0.361 e. The van der Waals surface area contributed by atoms with Gasteiger partial charge < -0.3 is 4.98 Å². The molecule has 1 aliphatic rings. The van der Waals surface area contributed by atoms with Gasteiger partial charge in [-0.1, -0.05) is 6.08 Å². The fraction of sp³-hybridized carbons (Fsp3) is 0.188. The van der Waals surface area contributed by atoms with Crippen molar-refractivity contribution in [3.63, 3.8) is 0 Å². The molecule has 120 valence electrons. The fourth-order valence-electron chi connectivity index (χ4n) is 3.02. The molecule has 7 nitrogen and oxygen atoms in total. The molecule has 0 unspecified atom stereocenters. The first-order valence-electron chi connectivity index (χ1n) is 7.35. The summed E-state index contributed by atoms with van der Waals surface area (Å²) >= 11 is 0. The molecule has 0 aromatic carbocycles. The summed E-state index contributed by atoms with van der Waals surface area (Å²) in [6.45, 7) is 0.522. The minimum absolute atomic E-state index is 0.248. The maximum Gasteiger partial charge on any atom is 0.228 e. The van der Waals surface area contributed by atoms with Crippen LogP contribution in [0.3, 0.4) is 0 Å². The Morgan fingerprint density at radius 3 is 3.04 bits per heavy atom. The van der Waals surface area contributed by atoms with Crippen LogP contribution in [0.25, 0.3) is 27.4 Å². The van der Waals surface area contributed by atoms with Crippen LogP contribution in [0, 0.1) is 11.3 Å². The Bertz CT molecular complexity index is 1120. The number of fused-ring (bicyclic) bond motifs is 3. The lowest BCUT2D eigenvalue weighted by molar-refractivity contribution is 0.493. The summed E-state index contributed by atoms with van der Waals surface area (Å²) in [5, 5.41) is 11.6. The van der Waals surface area contributed by atoms with Crippen LogP contribution in [-0.4, -0.2) is 46.5 Å². The molecule has 0 aliphatic carbocycles. The van der Waals surface area contributed by atoms with Gasteiger partial charge in [-0.25, -0.2) is 18.4 Å². The summed E-state index contributed by atoms with van der Waals surface area (Å²) in [7, 11) is -3.55. The molecule has 0 radical (unpaired) electrons. The zero-order valence-corrected chi connectivity index (χ0v) is 13.4. The van der Waals surface area contributed by atoms with E-state index in [0.29, 0.717) is 5.65 Å². The zero-order chi connectivity index (χ0) is 16.7. The SMILES string of the molecule is N#CCS(=O)(=O)N1CC=C(c2[nH]ccc3cnc4nccc4c23)C1. The van der Waals surface area contributed by atoms with Crippen molar-refractivity contribution < 1.29 is 8.42 Å². The van der Waals surface area contributed by atoms with Crippen molar-refractivity contribution in [2.75, 3.05) is 18.8 Å². The molecular formula is C16H13N5O2S. The number of aromatic amines is 1. The van der Waals surface area contributed by atoms with Crippen LogP contribution in [-0.2, 0) is 10.0 Å². The van der Waals surface area contributed by atoms with Gasteiger partial charge in [0.15, 0.2) is 11.4 Å². The summed E-state index contributed by atoms with van der Waals surface area (Å²) in [6.07, 6.45) is 7.17. The van der Waals surface area contributed by atoms with Gasteiger partial charge in [0, 0.05) is 47.8 Å². The predicted octanol–water partition coefficient (Wildman–Crippen LogP) is 1.66. The molecule has 0 atom stereocenters. The predicted molar refractivity (Wildman–Crippen MR) is 90.3 cm³/mol. The third kappa shape index (κ3) is 2.26. The molecule has 4 heterocycles. The number of rotatable bonds is 3. The molecule has 0 spiro atoms. The molecule has 0 bridgehead atoms. The monoisotopic (exact) mass is 339 g/mol. The van der Waals surface area contributed by atoms with E-state index >= 15 is 0 Å². The summed E-state index contributed by atoms with van der Waals surface area (Å²) in [5.74, 6) is -0.506. The molecule has 3 aromatic rings. The minimum atomic E-state index is -3.55. The first kappa shape index (κ1) is 14.8. The fourth-order valence-corrected chi connectivity index (χ4v) is 4.00. The maximum absolute atomic E-state index is 12.1. The van der Waals surface area contributed by atoms with E-state index in [2.05, 4.69) is 15.0 Å². The van der Waals surface area contributed by atoms with Gasteiger partial charge in [0.2, 0.25) is 10.0 Å². The van der Waals surface area contributed by atoms with Crippen LogP contribution in [0.4, 0.5) is 0 Å². The second-order valence-corrected chi connectivity index (χ2v) is 7.53. The van der Waals surface area contributed by atoms with Gasteiger partial charge in [-0.2, -0.15) is 9.57 Å². The van der Waals surface area contributed by atoms with E-state index in [1.807, 2.05) is 24.4 Å². The molecule has 3 aromatic heterocycles. The van der Waals surface area contributed by atoms with Gasteiger partial charge in [-0.15, -0.1) is 0 Å². The Morgan fingerprint density at radius 1 is 1.33 bits per heavy atom. The van der Waals surface area contributed by atoms with Gasteiger partial charge in [0.05, 0.1) is 11.8 Å². The summed E-state index contributed by atoms with van der Waals surface area (Å²) in [5.41, 5.74) is 2.41. The second kappa shape index (κ2) is 5.40. The molecule has 1 aliphatic heterocycles. The topological polar surface area (TPSA) is 103 Å². The van der Waals surface area contributed by atoms with Crippen LogP contribution in [0.5, 0.6) is 0 Å². The van der Waals surface area contributed by atoms with Crippen molar-refractivity contribution >= 4 is 37.4 Å². The van der Waals surface area contributed by atoms with E-state index in [4.69, 9.17) is 5.26 Å². The third-order valence-electron chi connectivity index (χ3n) is 4.15. The number of aromatic nitrogens is 3. The first-order valence-corrected chi connectivity index (χ1v) is 8.96. The first-order chi connectivity index (χ1) is 11.6. The van der Waals surface area contributed by atoms with Crippen LogP contribution >= 0.6 is 0 Å². The van der Waals surface area contributed by atoms with Crippen molar-refractivity contribution in [1.29, 1.82) is 5.26 Å². The van der Waals surface area contributed by atoms with E-state index in [9.17, 15) is 8.42 Å². The van der Waals surface area contributed by atoms with Gasteiger partial charge in [0.25, 0.3) is 0 Å². The number of hydrogen-bond donors (Lipinski definition) is 1.